The number of hydrogen-bond donors (Lipinski definition) is 2. The van der Waals surface area contributed by atoms with Gasteiger partial charge in [0.2, 0.25) is 5.91 Å². The molecule has 1 aromatic rings. The molecular weight excluding hydrogens is 564 g/mol. The molecule has 10 atom stereocenters. The average molecular weight is 609 g/mol. The summed E-state index contributed by atoms with van der Waals surface area (Å²) in [5.41, 5.74) is 2.82. The van der Waals surface area contributed by atoms with Crippen molar-refractivity contribution < 1.29 is 38.5 Å². The number of ether oxygens (including phenoxy) is 4. The van der Waals surface area contributed by atoms with Crippen LogP contribution in [0, 0.1) is 22.7 Å². The number of hydroxylamine groups is 2. The van der Waals surface area contributed by atoms with E-state index in [0.717, 1.165) is 30.4 Å². The van der Waals surface area contributed by atoms with Crippen LogP contribution in [0.1, 0.15) is 70.4 Å². The van der Waals surface area contributed by atoms with E-state index < -0.39 is 41.8 Å². The van der Waals surface area contributed by atoms with E-state index in [0.29, 0.717) is 29.9 Å². The first-order valence-corrected chi connectivity index (χ1v) is 16.4. The monoisotopic (exact) mass is 608 g/mol. The fraction of sp³-hybridized carbons (Fsp3) is 0.706. The highest BCUT2D eigenvalue weighted by Crippen LogP contribution is 2.60. The number of aliphatic hydroxyl groups excluding tert-OH is 1. The smallest absolute Gasteiger partial charge is 0.327 e. The van der Waals surface area contributed by atoms with E-state index in [9.17, 15) is 14.7 Å². The number of nitrogens with zero attached hydrogens (tertiary/aromatic N) is 1. The highest BCUT2D eigenvalue weighted by atomic mass is 16.8. The van der Waals surface area contributed by atoms with Crippen LogP contribution in [0.5, 0.6) is 0 Å². The molecule has 0 spiro atoms. The van der Waals surface area contributed by atoms with E-state index in [-0.39, 0.29) is 37.9 Å². The first kappa shape index (κ1) is 29.1. The quantitative estimate of drug-likeness (QED) is 0.371. The minimum atomic E-state index is -1.20. The molecule has 10 heteroatoms. The van der Waals surface area contributed by atoms with Gasteiger partial charge in [0.15, 0.2) is 6.04 Å². The molecule has 0 radical (unpaired) electrons. The van der Waals surface area contributed by atoms with Gasteiger partial charge >= 0.3 is 5.97 Å². The van der Waals surface area contributed by atoms with Gasteiger partial charge < -0.3 is 29.4 Å². The standard InChI is InChI=1S/C34H44N2O8/c1-32(2)15-22-21(7-8-25-33(3,43-25)10-9-23(22)32)14-19-5-4-6-20(13-19)17-36-28-30(38)42-24-16-34(28,31(39)35-11-12-37)29(44-36)27-26(24)40-18-41-27/h4-6,13-14,22-29,37H,7-12,15-18H2,1-3H3,(H,35,39)/t22-,23-,24+,25?,26+,27+,28+,29-,33-,34+/m1/s1. The van der Waals surface area contributed by atoms with Crippen LogP contribution < -0.4 is 5.32 Å². The van der Waals surface area contributed by atoms with Gasteiger partial charge in [-0.3, -0.25) is 14.4 Å². The van der Waals surface area contributed by atoms with Gasteiger partial charge in [0.25, 0.3) is 0 Å². The van der Waals surface area contributed by atoms with Crippen LogP contribution in [0.2, 0.25) is 0 Å². The van der Waals surface area contributed by atoms with Crippen molar-refractivity contribution in [2.45, 2.75) is 108 Å². The Morgan fingerprint density at radius 1 is 1.16 bits per heavy atom. The van der Waals surface area contributed by atoms with Gasteiger partial charge in [-0.15, -0.1) is 0 Å². The molecule has 238 valence electrons. The van der Waals surface area contributed by atoms with Crippen LogP contribution in [0.3, 0.4) is 0 Å². The third kappa shape index (κ3) is 4.43. The SMILES string of the molecule is CC1(C)C[C@@H]2C(=Cc3cccc(CN4O[C@@H]5[C@H]6OCO[C@H]6[C@@H]6C[C@]5(C(=O)NCCO)[C@@H]4C(=O)O6)c3)CCC3O[C@]3(C)CC[C@H]21. The third-order valence-electron chi connectivity index (χ3n) is 11.9. The number of esters is 1. The third-order valence-corrected chi connectivity index (χ3v) is 11.9. The summed E-state index contributed by atoms with van der Waals surface area (Å²) < 4.78 is 23.7. The van der Waals surface area contributed by atoms with Crippen LogP contribution >= 0.6 is 0 Å². The molecule has 7 aliphatic rings. The largest absolute Gasteiger partial charge is 0.458 e. The van der Waals surface area contributed by atoms with Crippen LogP contribution in [-0.2, 0) is 39.9 Å². The summed E-state index contributed by atoms with van der Waals surface area (Å²) >= 11 is 0. The van der Waals surface area contributed by atoms with Crippen molar-refractivity contribution in [3.8, 4) is 0 Å². The highest BCUT2D eigenvalue weighted by molar-refractivity contribution is 5.93. The Morgan fingerprint density at radius 2 is 2.00 bits per heavy atom. The van der Waals surface area contributed by atoms with Gasteiger partial charge in [0.05, 0.1) is 24.9 Å². The van der Waals surface area contributed by atoms with Crippen molar-refractivity contribution in [2.75, 3.05) is 19.9 Å². The average Bonchev–Trinajstić information content (AvgIpc) is 3.29. The fourth-order valence-corrected chi connectivity index (χ4v) is 9.55. The molecule has 10 nitrogen and oxygen atoms in total. The molecular formula is C34H44N2O8. The molecule has 1 amide bonds. The number of epoxide rings is 1. The number of aliphatic hydroxyl groups is 1. The first-order chi connectivity index (χ1) is 21.1. The van der Waals surface area contributed by atoms with Crippen molar-refractivity contribution >= 4 is 18.0 Å². The zero-order chi connectivity index (χ0) is 30.4. The molecule has 0 aromatic heterocycles. The van der Waals surface area contributed by atoms with Crippen molar-refractivity contribution in [3.63, 3.8) is 0 Å². The summed E-state index contributed by atoms with van der Waals surface area (Å²) in [7, 11) is 0. The van der Waals surface area contributed by atoms with Crippen molar-refractivity contribution in [2.24, 2.45) is 22.7 Å². The van der Waals surface area contributed by atoms with E-state index in [1.165, 1.54) is 18.4 Å². The molecule has 4 saturated heterocycles. The van der Waals surface area contributed by atoms with Crippen LogP contribution in [0.4, 0.5) is 0 Å². The normalized spacial score (nSPS) is 44.3. The Labute approximate surface area is 258 Å². The lowest BCUT2D eigenvalue weighted by Gasteiger charge is -2.53. The summed E-state index contributed by atoms with van der Waals surface area (Å²) in [5.74, 6) is 0.447. The van der Waals surface area contributed by atoms with Gasteiger partial charge in [-0.1, -0.05) is 49.8 Å². The van der Waals surface area contributed by atoms with Crippen molar-refractivity contribution in [1.82, 2.24) is 10.4 Å². The summed E-state index contributed by atoms with van der Waals surface area (Å²) in [6.45, 7) is 7.35. The van der Waals surface area contributed by atoms with E-state index in [1.807, 2.05) is 12.1 Å². The lowest BCUT2D eigenvalue weighted by molar-refractivity contribution is -0.201. The molecule has 2 bridgehead atoms. The second-order valence-corrected chi connectivity index (χ2v) is 14.9. The van der Waals surface area contributed by atoms with Crippen LogP contribution in [0.25, 0.3) is 6.08 Å². The number of carbonyl (C=O) groups is 2. The van der Waals surface area contributed by atoms with Crippen molar-refractivity contribution in [1.29, 1.82) is 0 Å². The number of allylic oxidation sites excluding steroid dienone is 1. The van der Waals surface area contributed by atoms with Crippen molar-refractivity contribution in [3.05, 3.63) is 41.0 Å². The summed E-state index contributed by atoms with van der Waals surface area (Å²) in [5, 5.41) is 13.8. The maximum Gasteiger partial charge on any atom is 0.327 e. The number of amides is 1. The molecule has 2 N–H and O–H groups in total. The Kier molecular flexibility index (Phi) is 6.83. The van der Waals surface area contributed by atoms with Gasteiger partial charge in [-0.2, -0.15) is 5.06 Å². The van der Waals surface area contributed by atoms with E-state index in [4.69, 9.17) is 23.8 Å². The predicted octanol–water partition coefficient (Wildman–Crippen LogP) is 3.11. The van der Waals surface area contributed by atoms with Gasteiger partial charge in [0, 0.05) is 13.0 Å². The zero-order valence-electron chi connectivity index (χ0n) is 25.8. The molecule has 44 heavy (non-hydrogen) atoms. The zero-order valence-corrected chi connectivity index (χ0v) is 25.8. The van der Waals surface area contributed by atoms with Gasteiger partial charge in [0.1, 0.15) is 36.6 Å². The Balaban J connectivity index is 1.07. The summed E-state index contributed by atoms with van der Waals surface area (Å²) in [6.07, 6.45) is 6.38. The summed E-state index contributed by atoms with van der Waals surface area (Å²) in [6, 6.07) is 7.45. The van der Waals surface area contributed by atoms with E-state index >= 15 is 0 Å². The minimum absolute atomic E-state index is 0.0564. The molecule has 1 unspecified atom stereocenters. The molecule has 3 saturated carbocycles. The van der Waals surface area contributed by atoms with Crippen LogP contribution in [0.15, 0.2) is 29.8 Å². The maximum absolute atomic E-state index is 13.7. The van der Waals surface area contributed by atoms with E-state index in [1.54, 1.807) is 5.06 Å². The second-order valence-electron chi connectivity index (χ2n) is 14.9. The number of carbonyl (C=O) groups excluding carboxylic acids is 2. The number of nitrogens with one attached hydrogen (secondary N) is 1. The number of fused-ring (bicyclic) bond motifs is 6. The topological polar surface area (TPSA) is 119 Å². The van der Waals surface area contributed by atoms with E-state index in [2.05, 4.69) is 44.3 Å². The predicted molar refractivity (Wildman–Crippen MR) is 157 cm³/mol. The lowest BCUT2D eigenvalue weighted by atomic mass is 9.52. The molecule has 7 fully saturated rings. The number of benzene rings is 1. The summed E-state index contributed by atoms with van der Waals surface area (Å²) in [4.78, 5) is 33.8. The first-order valence-electron chi connectivity index (χ1n) is 16.4. The van der Waals surface area contributed by atoms with Crippen LogP contribution in [-0.4, -0.2) is 84.2 Å². The minimum Gasteiger partial charge on any atom is -0.458 e. The Hall–Kier alpha value is -2.34. The fourth-order valence-electron chi connectivity index (χ4n) is 9.55. The lowest BCUT2D eigenvalue weighted by Crippen LogP contribution is -2.69. The Morgan fingerprint density at radius 3 is 2.82 bits per heavy atom. The number of rotatable bonds is 6. The molecule has 4 heterocycles. The number of hydrogen-bond acceptors (Lipinski definition) is 9. The maximum atomic E-state index is 13.7. The second kappa shape index (κ2) is 10.3. The molecule has 1 aromatic carbocycles. The highest BCUT2D eigenvalue weighted by Gasteiger charge is 2.74. The molecule has 8 rings (SSSR count). The molecule has 3 aliphatic carbocycles. The molecule has 4 aliphatic heterocycles. The Bertz CT molecular complexity index is 1380. The van der Waals surface area contributed by atoms with Gasteiger partial charge in [-0.05, 0) is 67.4 Å². The van der Waals surface area contributed by atoms with Gasteiger partial charge in [-0.25, -0.2) is 0 Å².